The lowest BCUT2D eigenvalue weighted by Gasteiger charge is -2.20. The Morgan fingerprint density at radius 2 is 1.82 bits per heavy atom. The molecule has 2 atom stereocenters. The van der Waals surface area contributed by atoms with Crippen LogP contribution < -0.4 is 5.73 Å². The third kappa shape index (κ3) is 2.48. The third-order valence-corrected chi connectivity index (χ3v) is 3.18. The number of aliphatic hydroxyl groups is 1. The molecule has 0 aliphatic carbocycles. The van der Waals surface area contributed by atoms with E-state index in [-0.39, 0.29) is 6.04 Å². The molecule has 3 N–H and O–H groups in total. The largest absolute Gasteiger partial charge is 0.391 e. The predicted octanol–water partition coefficient (Wildman–Crippen LogP) is 3.00. The van der Waals surface area contributed by atoms with E-state index in [1.54, 1.807) is 0 Å². The number of aliphatic hydroxyl groups excluding tert-OH is 1. The van der Waals surface area contributed by atoms with E-state index in [9.17, 15) is 5.11 Å². The Labute approximate surface area is 102 Å². The number of hydrogen-bond donors (Lipinski definition) is 2. The highest BCUT2D eigenvalue weighted by molar-refractivity contribution is 5.86. The van der Waals surface area contributed by atoms with Crippen molar-refractivity contribution < 1.29 is 5.11 Å². The summed E-state index contributed by atoms with van der Waals surface area (Å²) in [5, 5.41) is 12.3. The summed E-state index contributed by atoms with van der Waals surface area (Å²) in [6, 6.07) is 13.9. The maximum absolute atomic E-state index is 10.0. The van der Waals surface area contributed by atoms with Gasteiger partial charge in [-0.15, -0.1) is 0 Å². The van der Waals surface area contributed by atoms with E-state index in [2.05, 4.69) is 25.1 Å². The first-order chi connectivity index (χ1) is 8.24. The molecule has 17 heavy (non-hydrogen) atoms. The fourth-order valence-electron chi connectivity index (χ4n) is 2.22. The zero-order valence-electron chi connectivity index (χ0n) is 10.1. The number of hydrogen-bond acceptors (Lipinski definition) is 2. The molecule has 0 saturated heterocycles. The quantitative estimate of drug-likeness (QED) is 0.846. The van der Waals surface area contributed by atoms with Gasteiger partial charge >= 0.3 is 0 Å². The van der Waals surface area contributed by atoms with Crippen molar-refractivity contribution in [1.29, 1.82) is 0 Å². The molecule has 2 heteroatoms. The van der Waals surface area contributed by atoms with Crippen LogP contribution in [0.4, 0.5) is 0 Å². The lowest BCUT2D eigenvalue weighted by atomic mass is 9.94. The Morgan fingerprint density at radius 3 is 2.59 bits per heavy atom. The average molecular weight is 229 g/mol. The Hall–Kier alpha value is -1.38. The van der Waals surface area contributed by atoms with Crippen LogP contribution in [0.5, 0.6) is 0 Å². The van der Waals surface area contributed by atoms with Crippen LogP contribution in [0, 0.1) is 0 Å². The van der Waals surface area contributed by atoms with Crippen LogP contribution in [0.1, 0.15) is 31.4 Å². The molecule has 2 aromatic rings. The lowest BCUT2D eigenvalue weighted by Crippen LogP contribution is -2.26. The molecule has 0 unspecified atom stereocenters. The first-order valence-corrected chi connectivity index (χ1v) is 6.15. The maximum Gasteiger partial charge on any atom is 0.0732 e. The summed E-state index contributed by atoms with van der Waals surface area (Å²) in [5.74, 6) is 0. The summed E-state index contributed by atoms with van der Waals surface area (Å²) in [6.07, 6.45) is 1.22. The highest BCUT2D eigenvalue weighted by Crippen LogP contribution is 2.26. The van der Waals surface area contributed by atoms with Gasteiger partial charge in [-0.05, 0) is 22.8 Å². The van der Waals surface area contributed by atoms with Gasteiger partial charge in [-0.2, -0.15) is 0 Å². The van der Waals surface area contributed by atoms with E-state index in [0.717, 1.165) is 23.8 Å². The minimum absolute atomic E-state index is 0.305. The van der Waals surface area contributed by atoms with Crippen LogP contribution in [-0.4, -0.2) is 11.2 Å². The first-order valence-electron chi connectivity index (χ1n) is 6.15. The van der Waals surface area contributed by atoms with E-state index in [1.165, 1.54) is 5.39 Å². The molecule has 0 fully saturated rings. The van der Waals surface area contributed by atoms with Crippen molar-refractivity contribution in [2.24, 2.45) is 5.73 Å². The zero-order chi connectivity index (χ0) is 12.3. The van der Waals surface area contributed by atoms with E-state index in [4.69, 9.17) is 5.73 Å². The molecule has 0 bridgehead atoms. The molecular formula is C15H19NO. The smallest absolute Gasteiger partial charge is 0.0732 e. The molecule has 0 spiro atoms. The molecule has 0 heterocycles. The van der Waals surface area contributed by atoms with Crippen LogP contribution in [0.3, 0.4) is 0 Å². The van der Waals surface area contributed by atoms with Gasteiger partial charge in [0.25, 0.3) is 0 Å². The SMILES string of the molecule is CCC[C@H](O)[C@H](N)c1cccc2ccccc12. The summed E-state index contributed by atoms with van der Waals surface area (Å²) >= 11 is 0. The summed E-state index contributed by atoms with van der Waals surface area (Å²) in [5.41, 5.74) is 7.17. The second-order valence-electron chi connectivity index (χ2n) is 4.45. The number of benzene rings is 2. The highest BCUT2D eigenvalue weighted by atomic mass is 16.3. The van der Waals surface area contributed by atoms with Crippen molar-refractivity contribution in [2.45, 2.75) is 31.9 Å². The van der Waals surface area contributed by atoms with Gasteiger partial charge in [0.1, 0.15) is 0 Å². The Bertz CT molecular complexity index is 490. The van der Waals surface area contributed by atoms with E-state index >= 15 is 0 Å². The van der Waals surface area contributed by atoms with Crippen molar-refractivity contribution in [1.82, 2.24) is 0 Å². The Balaban J connectivity index is 2.41. The van der Waals surface area contributed by atoms with Gasteiger partial charge in [0.05, 0.1) is 12.1 Å². The van der Waals surface area contributed by atoms with Crippen molar-refractivity contribution >= 4 is 10.8 Å². The van der Waals surface area contributed by atoms with Gasteiger partial charge in [-0.25, -0.2) is 0 Å². The summed E-state index contributed by atoms with van der Waals surface area (Å²) in [7, 11) is 0. The normalized spacial score (nSPS) is 14.8. The van der Waals surface area contributed by atoms with Gasteiger partial charge in [0.2, 0.25) is 0 Å². The van der Waals surface area contributed by atoms with Gasteiger partial charge in [0, 0.05) is 0 Å². The molecule has 0 aromatic heterocycles. The van der Waals surface area contributed by atoms with Gasteiger partial charge in [-0.1, -0.05) is 55.8 Å². The Morgan fingerprint density at radius 1 is 1.12 bits per heavy atom. The maximum atomic E-state index is 10.0. The summed E-state index contributed by atoms with van der Waals surface area (Å²) in [6.45, 7) is 2.05. The van der Waals surface area contributed by atoms with Crippen LogP contribution >= 0.6 is 0 Å². The fourth-order valence-corrected chi connectivity index (χ4v) is 2.22. The van der Waals surface area contributed by atoms with Gasteiger partial charge in [-0.3, -0.25) is 0 Å². The topological polar surface area (TPSA) is 46.2 Å². The van der Waals surface area contributed by atoms with Crippen LogP contribution in [0.15, 0.2) is 42.5 Å². The lowest BCUT2D eigenvalue weighted by molar-refractivity contribution is 0.135. The van der Waals surface area contributed by atoms with Gasteiger partial charge < -0.3 is 10.8 Å². The molecule has 0 radical (unpaired) electrons. The van der Waals surface area contributed by atoms with Crippen molar-refractivity contribution in [3.63, 3.8) is 0 Å². The standard InChI is InChI=1S/C15H19NO/c1-2-6-14(17)15(16)13-10-5-8-11-7-3-4-9-12(11)13/h3-5,7-10,14-15,17H,2,6,16H2,1H3/t14-,15+/m0/s1. The minimum Gasteiger partial charge on any atom is -0.391 e. The fraction of sp³-hybridized carbons (Fsp3) is 0.333. The molecule has 0 saturated carbocycles. The number of fused-ring (bicyclic) bond motifs is 1. The molecule has 0 aliphatic rings. The highest BCUT2D eigenvalue weighted by Gasteiger charge is 2.17. The molecule has 0 aliphatic heterocycles. The Kier molecular flexibility index (Phi) is 3.77. The second-order valence-corrected chi connectivity index (χ2v) is 4.45. The summed E-state index contributed by atoms with van der Waals surface area (Å²) < 4.78 is 0. The molecule has 90 valence electrons. The predicted molar refractivity (Wildman–Crippen MR) is 71.8 cm³/mol. The van der Waals surface area contributed by atoms with Crippen LogP contribution in [0.25, 0.3) is 10.8 Å². The molecule has 2 nitrogen and oxygen atoms in total. The molecule has 2 aromatic carbocycles. The van der Waals surface area contributed by atoms with Crippen molar-refractivity contribution in [3.05, 3.63) is 48.0 Å². The molecular weight excluding hydrogens is 210 g/mol. The monoisotopic (exact) mass is 229 g/mol. The van der Waals surface area contributed by atoms with E-state index in [1.807, 2.05) is 24.3 Å². The second kappa shape index (κ2) is 5.30. The zero-order valence-corrected chi connectivity index (χ0v) is 10.1. The van der Waals surface area contributed by atoms with E-state index < -0.39 is 6.10 Å². The number of rotatable bonds is 4. The summed E-state index contributed by atoms with van der Waals surface area (Å²) in [4.78, 5) is 0. The van der Waals surface area contributed by atoms with Crippen molar-refractivity contribution in [2.75, 3.05) is 0 Å². The first kappa shape index (κ1) is 12.1. The van der Waals surface area contributed by atoms with E-state index in [0.29, 0.717) is 0 Å². The third-order valence-electron chi connectivity index (χ3n) is 3.18. The minimum atomic E-state index is -0.467. The molecule has 0 amide bonds. The van der Waals surface area contributed by atoms with Crippen LogP contribution in [0.2, 0.25) is 0 Å². The molecule has 2 rings (SSSR count). The number of nitrogens with two attached hydrogens (primary N) is 1. The van der Waals surface area contributed by atoms with Crippen molar-refractivity contribution in [3.8, 4) is 0 Å². The average Bonchev–Trinajstić information content (AvgIpc) is 2.37. The van der Waals surface area contributed by atoms with Gasteiger partial charge in [0.15, 0.2) is 0 Å². The van der Waals surface area contributed by atoms with Crippen LogP contribution in [-0.2, 0) is 0 Å².